The zero-order valence-electron chi connectivity index (χ0n) is 14.4. The molecule has 1 aliphatic rings. The third-order valence-corrected chi connectivity index (χ3v) is 5.44. The highest BCUT2D eigenvalue weighted by Crippen LogP contribution is 2.40. The number of anilines is 1. The number of hydrogen-bond donors (Lipinski definition) is 0. The molecule has 132 valence electrons. The monoisotopic (exact) mass is 373 g/mol. The second-order valence-electron chi connectivity index (χ2n) is 6.09. The van der Waals surface area contributed by atoms with E-state index in [2.05, 4.69) is 24.8 Å². The second-order valence-corrected chi connectivity index (χ2v) is 7.09. The average molecular weight is 373 g/mol. The van der Waals surface area contributed by atoms with Gasteiger partial charge in [0.25, 0.3) is 0 Å². The van der Waals surface area contributed by atoms with Gasteiger partial charge in [0.2, 0.25) is 0 Å². The molecular weight excluding hydrogens is 358 g/mol. The minimum Gasteiger partial charge on any atom is -0.355 e. The molecule has 27 heavy (non-hydrogen) atoms. The van der Waals surface area contributed by atoms with Crippen LogP contribution in [0.25, 0.3) is 32.8 Å². The maximum atomic E-state index is 4.89. The lowest BCUT2D eigenvalue weighted by Crippen LogP contribution is -2.37. The molecule has 5 heterocycles. The summed E-state index contributed by atoms with van der Waals surface area (Å²) in [6, 6.07) is 7.64. The number of pyridine rings is 1. The van der Waals surface area contributed by atoms with Crippen molar-refractivity contribution in [3.05, 3.63) is 55.2 Å². The van der Waals surface area contributed by atoms with E-state index >= 15 is 0 Å². The second kappa shape index (κ2) is 6.81. The van der Waals surface area contributed by atoms with Gasteiger partial charge in [-0.3, -0.25) is 4.98 Å². The van der Waals surface area contributed by atoms with E-state index < -0.39 is 0 Å². The maximum Gasteiger partial charge on any atom is 0.198 e. The van der Waals surface area contributed by atoms with Crippen LogP contribution in [0.4, 0.5) is 5.82 Å². The first kappa shape index (κ1) is 16.0. The van der Waals surface area contributed by atoms with Crippen LogP contribution in [-0.4, -0.2) is 43.0 Å². The fraction of sp³-hybridized carbons (Fsp3) is 0.158. The van der Waals surface area contributed by atoms with Gasteiger partial charge in [-0.1, -0.05) is 0 Å². The van der Waals surface area contributed by atoms with Crippen molar-refractivity contribution in [2.45, 2.75) is 6.42 Å². The summed E-state index contributed by atoms with van der Waals surface area (Å²) in [5.41, 5.74) is 1.85. The van der Waals surface area contributed by atoms with Crippen LogP contribution >= 0.6 is 11.3 Å². The third kappa shape index (κ3) is 3.04. The lowest BCUT2D eigenvalue weighted by Gasteiger charge is -2.31. The Bertz CT molecular complexity index is 1060. The largest absolute Gasteiger partial charge is 0.355 e. The average Bonchev–Trinajstić information content (AvgIpc) is 3.13. The van der Waals surface area contributed by atoms with E-state index in [0.717, 1.165) is 40.0 Å². The molecule has 0 aliphatic carbocycles. The number of rotatable bonds is 4. The van der Waals surface area contributed by atoms with Crippen molar-refractivity contribution >= 4 is 17.2 Å². The fourth-order valence-electron chi connectivity index (χ4n) is 2.84. The Hall–Kier alpha value is -3.26. The summed E-state index contributed by atoms with van der Waals surface area (Å²) in [6.45, 7) is 2.03. The predicted octanol–water partition coefficient (Wildman–Crippen LogP) is 3.33. The Morgan fingerprint density at radius 1 is 0.852 bits per heavy atom. The molecule has 0 amide bonds. The molecule has 4 aromatic heterocycles. The molecule has 0 N–H and O–H groups in total. The summed E-state index contributed by atoms with van der Waals surface area (Å²) < 4.78 is 0. The summed E-state index contributed by atoms with van der Waals surface area (Å²) >= 11 is 1.62. The molecule has 5 rings (SSSR count). The van der Waals surface area contributed by atoms with Crippen molar-refractivity contribution in [1.82, 2.24) is 29.9 Å². The highest BCUT2D eigenvalue weighted by Gasteiger charge is 2.24. The molecule has 1 saturated heterocycles. The van der Waals surface area contributed by atoms with E-state index in [1.807, 2.05) is 24.4 Å². The SMILES string of the molecule is c1cnc(-c2nccc(-c3sc(-c4cccnc4)nc3N3CCC3)n2)nc1. The quantitative estimate of drug-likeness (QED) is 0.543. The summed E-state index contributed by atoms with van der Waals surface area (Å²) in [7, 11) is 0. The fourth-order valence-corrected chi connectivity index (χ4v) is 3.89. The zero-order valence-corrected chi connectivity index (χ0v) is 15.2. The number of nitrogens with zero attached hydrogens (tertiary/aromatic N) is 7. The molecule has 0 atom stereocenters. The van der Waals surface area contributed by atoms with Crippen LogP contribution in [0.15, 0.2) is 55.2 Å². The molecule has 1 fully saturated rings. The van der Waals surface area contributed by atoms with Crippen molar-refractivity contribution in [1.29, 1.82) is 0 Å². The van der Waals surface area contributed by atoms with E-state index in [1.54, 1.807) is 42.2 Å². The van der Waals surface area contributed by atoms with Gasteiger partial charge in [-0.15, -0.1) is 11.3 Å². The van der Waals surface area contributed by atoms with Crippen molar-refractivity contribution in [3.8, 4) is 32.8 Å². The third-order valence-electron chi connectivity index (χ3n) is 4.33. The molecule has 0 unspecified atom stereocenters. The van der Waals surface area contributed by atoms with Gasteiger partial charge in [0.15, 0.2) is 11.6 Å². The molecular formula is C19H15N7S. The maximum absolute atomic E-state index is 4.89. The Labute approximate surface area is 159 Å². The van der Waals surface area contributed by atoms with Crippen LogP contribution in [0, 0.1) is 0 Å². The van der Waals surface area contributed by atoms with Crippen molar-refractivity contribution in [3.63, 3.8) is 0 Å². The smallest absolute Gasteiger partial charge is 0.198 e. The molecule has 8 heteroatoms. The molecule has 4 aromatic rings. The molecule has 1 aliphatic heterocycles. The van der Waals surface area contributed by atoms with Crippen LogP contribution in [0.5, 0.6) is 0 Å². The number of thiazole rings is 1. The lowest BCUT2D eigenvalue weighted by atomic mass is 10.2. The van der Waals surface area contributed by atoms with Gasteiger partial charge >= 0.3 is 0 Å². The first-order chi connectivity index (χ1) is 13.4. The summed E-state index contributed by atoms with van der Waals surface area (Å²) in [5, 5.41) is 0.941. The highest BCUT2D eigenvalue weighted by molar-refractivity contribution is 7.19. The zero-order chi connectivity index (χ0) is 18.1. The predicted molar refractivity (Wildman–Crippen MR) is 104 cm³/mol. The van der Waals surface area contributed by atoms with E-state index in [1.165, 1.54) is 6.42 Å². The number of aromatic nitrogens is 6. The van der Waals surface area contributed by atoms with Gasteiger partial charge < -0.3 is 4.90 Å². The summed E-state index contributed by atoms with van der Waals surface area (Å²) in [5.74, 6) is 2.00. The molecule has 7 nitrogen and oxygen atoms in total. The van der Waals surface area contributed by atoms with Crippen LogP contribution in [0.2, 0.25) is 0 Å². The van der Waals surface area contributed by atoms with Crippen LogP contribution in [0.3, 0.4) is 0 Å². The van der Waals surface area contributed by atoms with Gasteiger partial charge in [-0.2, -0.15) is 0 Å². The Morgan fingerprint density at radius 3 is 2.44 bits per heavy atom. The van der Waals surface area contributed by atoms with Gasteiger partial charge in [-0.05, 0) is 30.7 Å². The van der Waals surface area contributed by atoms with E-state index in [4.69, 9.17) is 9.97 Å². The Balaban J connectivity index is 1.61. The molecule has 0 aromatic carbocycles. The van der Waals surface area contributed by atoms with Crippen molar-refractivity contribution in [2.75, 3.05) is 18.0 Å². The topological polar surface area (TPSA) is 80.6 Å². The van der Waals surface area contributed by atoms with E-state index in [0.29, 0.717) is 11.6 Å². The minimum atomic E-state index is 0.513. The van der Waals surface area contributed by atoms with Crippen LogP contribution < -0.4 is 4.90 Å². The van der Waals surface area contributed by atoms with Crippen LogP contribution in [0.1, 0.15) is 6.42 Å². The Kier molecular flexibility index (Phi) is 4.02. The van der Waals surface area contributed by atoms with Gasteiger partial charge in [0, 0.05) is 49.6 Å². The van der Waals surface area contributed by atoms with Crippen molar-refractivity contribution in [2.24, 2.45) is 0 Å². The van der Waals surface area contributed by atoms with Crippen LogP contribution in [-0.2, 0) is 0 Å². The molecule has 0 radical (unpaired) electrons. The van der Waals surface area contributed by atoms with Gasteiger partial charge in [-0.25, -0.2) is 24.9 Å². The minimum absolute atomic E-state index is 0.513. The first-order valence-electron chi connectivity index (χ1n) is 8.65. The molecule has 0 spiro atoms. The Morgan fingerprint density at radius 2 is 1.70 bits per heavy atom. The van der Waals surface area contributed by atoms with Crippen molar-refractivity contribution < 1.29 is 0 Å². The van der Waals surface area contributed by atoms with E-state index in [-0.39, 0.29) is 0 Å². The summed E-state index contributed by atoms with van der Waals surface area (Å²) in [4.78, 5) is 30.0. The van der Waals surface area contributed by atoms with E-state index in [9.17, 15) is 0 Å². The molecule has 0 saturated carbocycles. The summed E-state index contributed by atoms with van der Waals surface area (Å²) in [6.07, 6.45) is 9.92. The van der Waals surface area contributed by atoms with Gasteiger partial charge in [0.1, 0.15) is 10.8 Å². The standard InChI is InChI=1S/C19H15N7S/c1-4-13(12-20-6-1)19-25-18(26-10-3-11-26)15(27-19)14-5-9-23-17(24-14)16-21-7-2-8-22-16/h1-2,4-9,12H,3,10-11H2. The highest BCUT2D eigenvalue weighted by atomic mass is 32.1. The first-order valence-corrected chi connectivity index (χ1v) is 9.47. The van der Waals surface area contributed by atoms with Gasteiger partial charge in [0.05, 0.1) is 10.6 Å². The molecule has 0 bridgehead atoms. The lowest BCUT2D eigenvalue weighted by molar-refractivity contribution is 0.612. The normalized spacial score (nSPS) is 13.4. The number of hydrogen-bond acceptors (Lipinski definition) is 8.